The zero-order valence-electron chi connectivity index (χ0n) is 15.0. The minimum absolute atomic E-state index is 0.0106. The summed E-state index contributed by atoms with van der Waals surface area (Å²) in [5.41, 5.74) is 1.04. The Balaban J connectivity index is 1.73. The second-order valence-electron chi connectivity index (χ2n) is 6.26. The van der Waals surface area contributed by atoms with Crippen molar-refractivity contribution in [3.63, 3.8) is 0 Å². The molecular weight excluding hydrogens is 366 g/mol. The Kier molecular flexibility index (Phi) is 5.62. The Labute approximate surface area is 158 Å². The van der Waals surface area contributed by atoms with Crippen LogP contribution in [-0.4, -0.2) is 43.8 Å². The van der Waals surface area contributed by atoms with Gasteiger partial charge in [-0.3, -0.25) is 4.79 Å². The number of ether oxygens (including phenoxy) is 1. The van der Waals surface area contributed by atoms with Gasteiger partial charge in [0.05, 0.1) is 12.0 Å². The fraction of sp³-hybridized carbons (Fsp3) is 0.250. The summed E-state index contributed by atoms with van der Waals surface area (Å²) < 4.78 is 31.5. The molecule has 1 aliphatic heterocycles. The highest BCUT2D eigenvalue weighted by Crippen LogP contribution is 2.27. The smallest absolute Gasteiger partial charge is 0.243 e. The number of carbonyl (C=O) groups is 1. The highest BCUT2D eigenvalue weighted by Gasteiger charge is 2.27. The summed E-state index contributed by atoms with van der Waals surface area (Å²) in [6.45, 7) is 1.08. The second-order valence-corrected chi connectivity index (χ2v) is 8.20. The number of phenolic OH excluding ortho intramolecular Hbond substituents is 1. The third-order valence-corrected chi connectivity index (χ3v) is 6.38. The second kappa shape index (κ2) is 7.94. The minimum atomic E-state index is -3.48. The number of nitrogens with zero attached hydrogens (tertiary/aromatic N) is 1. The number of sulfonamides is 1. The quantitative estimate of drug-likeness (QED) is 0.608. The SMILES string of the molecule is COc1ccc(/C=C/C(=O)c2ccc(S(=O)(=O)N3CCCC3)cc2)cc1O. The van der Waals surface area contributed by atoms with Crippen molar-refractivity contribution in [1.29, 1.82) is 0 Å². The van der Waals surface area contributed by atoms with Gasteiger partial charge in [-0.15, -0.1) is 0 Å². The highest BCUT2D eigenvalue weighted by atomic mass is 32.2. The van der Waals surface area contributed by atoms with Gasteiger partial charge >= 0.3 is 0 Å². The van der Waals surface area contributed by atoms with Crippen molar-refractivity contribution in [2.75, 3.05) is 20.2 Å². The van der Waals surface area contributed by atoms with E-state index < -0.39 is 10.0 Å². The lowest BCUT2D eigenvalue weighted by Crippen LogP contribution is -2.27. The number of allylic oxidation sites excluding steroid dienone is 1. The molecule has 1 heterocycles. The first-order chi connectivity index (χ1) is 12.9. The van der Waals surface area contributed by atoms with E-state index in [1.165, 1.54) is 47.8 Å². The number of rotatable bonds is 6. The maximum absolute atomic E-state index is 12.5. The molecule has 0 atom stereocenters. The maximum Gasteiger partial charge on any atom is 0.243 e. The Morgan fingerprint density at radius 3 is 2.37 bits per heavy atom. The van der Waals surface area contributed by atoms with Gasteiger partial charge in [0, 0.05) is 18.7 Å². The van der Waals surface area contributed by atoms with Gasteiger partial charge < -0.3 is 9.84 Å². The molecule has 6 nitrogen and oxygen atoms in total. The van der Waals surface area contributed by atoms with Crippen LogP contribution in [0.3, 0.4) is 0 Å². The van der Waals surface area contributed by atoms with Crippen LogP contribution in [0.25, 0.3) is 6.08 Å². The summed E-state index contributed by atoms with van der Waals surface area (Å²) in [4.78, 5) is 12.5. The maximum atomic E-state index is 12.5. The molecule has 1 aliphatic rings. The lowest BCUT2D eigenvalue weighted by molar-refractivity contribution is 0.104. The normalized spacial score (nSPS) is 15.3. The number of aromatic hydroxyl groups is 1. The summed E-state index contributed by atoms with van der Waals surface area (Å²) in [7, 11) is -2.02. The van der Waals surface area contributed by atoms with Crippen molar-refractivity contribution >= 4 is 21.9 Å². The van der Waals surface area contributed by atoms with Crippen LogP contribution in [0.2, 0.25) is 0 Å². The van der Waals surface area contributed by atoms with Gasteiger partial charge in [-0.1, -0.05) is 12.1 Å². The van der Waals surface area contributed by atoms with Crippen molar-refractivity contribution in [2.24, 2.45) is 0 Å². The van der Waals surface area contributed by atoms with E-state index in [0.29, 0.717) is 30.0 Å². The number of hydrogen-bond acceptors (Lipinski definition) is 5. The molecule has 0 saturated carbocycles. The van der Waals surface area contributed by atoms with Crippen molar-refractivity contribution in [3.05, 3.63) is 59.7 Å². The summed E-state index contributed by atoms with van der Waals surface area (Å²) in [5.74, 6) is 0.0901. The average Bonchev–Trinajstić information content (AvgIpc) is 3.22. The predicted molar refractivity (Wildman–Crippen MR) is 102 cm³/mol. The van der Waals surface area contributed by atoms with Gasteiger partial charge in [0.15, 0.2) is 17.3 Å². The van der Waals surface area contributed by atoms with Crippen LogP contribution in [-0.2, 0) is 10.0 Å². The molecule has 7 heteroatoms. The van der Waals surface area contributed by atoms with E-state index in [4.69, 9.17) is 4.74 Å². The lowest BCUT2D eigenvalue weighted by Gasteiger charge is -2.15. The fourth-order valence-electron chi connectivity index (χ4n) is 2.95. The van der Waals surface area contributed by atoms with Crippen LogP contribution in [0.15, 0.2) is 53.4 Å². The summed E-state index contributed by atoms with van der Waals surface area (Å²) >= 11 is 0. The lowest BCUT2D eigenvalue weighted by atomic mass is 10.1. The molecule has 0 radical (unpaired) electrons. The van der Waals surface area contributed by atoms with Crippen LogP contribution >= 0.6 is 0 Å². The zero-order valence-corrected chi connectivity index (χ0v) is 15.8. The van der Waals surface area contributed by atoms with Crippen molar-refractivity contribution in [3.8, 4) is 11.5 Å². The number of benzene rings is 2. The molecule has 0 aromatic heterocycles. The number of ketones is 1. The summed E-state index contributed by atoms with van der Waals surface area (Å²) in [6, 6.07) is 10.8. The van der Waals surface area contributed by atoms with Crippen molar-refractivity contribution in [2.45, 2.75) is 17.7 Å². The Morgan fingerprint density at radius 1 is 1.11 bits per heavy atom. The molecule has 0 amide bonds. The number of methoxy groups -OCH3 is 1. The van der Waals surface area contributed by atoms with Gasteiger partial charge in [0.1, 0.15) is 0 Å². The largest absolute Gasteiger partial charge is 0.504 e. The van der Waals surface area contributed by atoms with Gasteiger partial charge in [-0.2, -0.15) is 4.31 Å². The van der Waals surface area contributed by atoms with E-state index in [9.17, 15) is 18.3 Å². The predicted octanol–water partition coefficient (Wildman–Crippen LogP) is 3.08. The first-order valence-corrected chi connectivity index (χ1v) is 10.1. The molecule has 2 aromatic rings. The molecule has 142 valence electrons. The molecule has 1 N–H and O–H groups in total. The number of hydrogen-bond donors (Lipinski definition) is 1. The van der Waals surface area contributed by atoms with Crippen LogP contribution in [0, 0.1) is 0 Å². The zero-order chi connectivity index (χ0) is 19.4. The van der Waals surface area contributed by atoms with E-state index in [1.54, 1.807) is 18.2 Å². The monoisotopic (exact) mass is 387 g/mol. The first-order valence-electron chi connectivity index (χ1n) is 8.61. The van der Waals surface area contributed by atoms with Gasteiger partial charge in [0.2, 0.25) is 10.0 Å². The number of phenols is 1. The summed E-state index contributed by atoms with van der Waals surface area (Å²) in [5, 5.41) is 9.77. The molecule has 3 rings (SSSR count). The van der Waals surface area contributed by atoms with Gasteiger partial charge in [-0.25, -0.2) is 8.42 Å². The molecular formula is C20H21NO5S. The number of carbonyl (C=O) groups excluding carboxylic acids is 1. The van der Waals surface area contributed by atoms with E-state index in [1.807, 2.05) is 0 Å². The standard InChI is InChI=1S/C20H21NO5S/c1-26-20-11-5-15(14-19(20)23)4-10-18(22)16-6-8-17(9-7-16)27(24,25)21-12-2-3-13-21/h4-11,14,23H,2-3,12-13H2,1H3/b10-4+. The molecule has 2 aromatic carbocycles. The molecule has 0 unspecified atom stereocenters. The van der Waals surface area contributed by atoms with Crippen molar-refractivity contribution < 1.29 is 23.1 Å². The molecule has 1 fully saturated rings. The minimum Gasteiger partial charge on any atom is -0.504 e. The first kappa shape index (κ1) is 19.1. The van der Waals surface area contributed by atoms with Crippen molar-refractivity contribution in [1.82, 2.24) is 4.31 Å². The Morgan fingerprint density at radius 2 is 1.78 bits per heavy atom. The van der Waals surface area contributed by atoms with Crippen LogP contribution in [0.5, 0.6) is 11.5 Å². The molecule has 27 heavy (non-hydrogen) atoms. The van der Waals surface area contributed by atoms with E-state index in [2.05, 4.69) is 0 Å². The Hall–Kier alpha value is -2.64. The molecule has 1 saturated heterocycles. The highest BCUT2D eigenvalue weighted by molar-refractivity contribution is 7.89. The van der Waals surface area contributed by atoms with E-state index in [-0.39, 0.29) is 16.4 Å². The summed E-state index contributed by atoms with van der Waals surface area (Å²) in [6.07, 6.45) is 4.71. The van der Waals surface area contributed by atoms with Crippen LogP contribution in [0.4, 0.5) is 0 Å². The molecule has 0 aliphatic carbocycles. The van der Waals surface area contributed by atoms with Gasteiger partial charge in [-0.05, 0) is 60.9 Å². The van der Waals surface area contributed by atoms with Crippen LogP contribution in [0.1, 0.15) is 28.8 Å². The fourth-order valence-corrected chi connectivity index (χ4v) is 4.46. The van der Waals surface area contributed by atoms with Gasteiger partial charge in [0.25, 0.3) is 0 Å². The third kappa shape index (κ3) is 4.20. The average molecular weight is 387 g/mol. The van der Waals surface area contributed by atoms with E-state index >= 15 is 0 Å². The van der Waals surface area contributed by atoms with E-state index in [0.717, 1.165) is 12.8 Å². The Bertz CT molecular complexity index is 958. The molecule has 0 spiro atoms. The topological polar surface area (TPSA) is 83.9 Å². The molecule has 0 bridgehead atoms. The van der Waals surface area contributed by atoms with Crippen LogP contribution < -0.4 is 4.74 Å². The third-order valence-electron chi connectivity index (χ3n) is 4.47.